The van der Waals surface area contributed by atoms with Gasteiger partial charge in [0, 0.05) is 17.5 Å². The van der Waals surface area contributed by atoms with E-state index in [1.165, 1.54) is 13.1 Å². The summed E-state index contributed by atoms with van der Waals surface area (Å²) in [5.74, 6) is 0. The number of hydrogen-bond donors (Lipinski definition) is 0. The first kappa shape index (κ1) is 10.1. The van der Waals surface area contributed by atoms with Gasteiger partial charge >= 0.3 is 0 Å². The zero-order valence-corrected chi connectivity index (χ0v) is 7.48. The van der Waals surface area contributed by atoms with Crippen LogP contribution in [0.25, 0.3) is 0 Å². The molecule has 0 saturated heterocycles. The summed E-state index contributed by atoms with van der Waals surface area (Å²) in [5.41, 5.74) is -0.0641. The number of hydrogen-bond acceptors (Lipinski definition) is 2. The highest BCUT2D eigenvalue weighted by atomic mass is 35.5. The molecule has 0 fully saturated rings. The molecule has 0 aliphatic carbocycles. The zero-order valence-electron chi connectivity index (χ0n) is 6.72. The minimum absolute atomic E-state index is 0.0115. The lowest BCUT2D eigenvalue weighted by Gasteiger charge is -2.03. The molecule has 5 heteroatoms. The van der Waals surface area contributed by atoms with Crippen LogP contribution in [0.5, 0.6) is 0 Å². The fourth-order valence-electron chi connectivity index (χ4n) is 0.879. The molecule has 2 nitrogen and oxygen atoms in total. The number of carbonyl (C=O) groups is 1. The molecule has 1 rings (SSSR count). The van der Waals surface area contributed by atoms with Gasteiger partial charge in [0.1, 0.15) is 0 Å². The summed E-state index contributed by atoms with van der Waals surface area (Å²) in [6, 6.07) is 1.06. The number of carbonyl (C=O) groups excluding carboxylic acids is 1. The van der Waals surface area contributed by atoms with Crippen molar-refractivity contribution in [2.75, 3.05) is 0 Å². The summed E-state index contributed by atoms with van der Waals surface area (Å²) >= 11 is 5.11. The summed E-state index contributed by atoms with van der Waals surface area (Å²) in [7, 11) is 0. The van der Waals surface area contributed by atoms with Gasteiger partial charge in [-0.3, -0.25) is 9.78 Å². The van der Waals surface area contributed by atoms with Crippen LogP contribution in [-0.2, 0) is 0 Å². The highest BCUT2D eigenvalue weighted by Crippen LogP contribution is 2.22. The third-order valence-corrected chi connectivity index (χ3v) is 1.81. The molecular formula is C8H6ClF2NO. The van der Waals surface area contributed by atoms with Gasteiger partial charge in [-0.1, -0.05) is 0 Å². The summed E-state index contributed by atoms with van der Waals surface area (Å²) in [5, 5.41) is -0.783. The number of rotatable bonds is 2. The Bertz CT molecular complexity index is 341. The summed E-state index contributed by atoms with van der Waals surface area (Å²) in [6.07, 6.45) is -1.46. The minimum atomic E-state index is -2.64. The molecule has 0 N–H and O–H groups in total. The zero-order chi connectivity index (χ0) is 10.0. The van der Waals surface area contributed by atoms with E-state index in [2.05, 4.69) is 4.98 Å². The smallest absolute Gasteiger partial charge is 0.265 e. The SMILES string of the molecule is Cc1ncc(C(=O)Cl)cc1C(F)F. The maximum atomic E-state index is 12.3. The summed E-state index contributed by atoms with van der Waals surface area (Å²) in [6.45, 7) is 1.45. The Balaban J connectivity index is 3.19. The maximum absolute atomic E-state index is 12.3. The second-order valence-electron chi connectivity index (χ2n) is 2.47. The van der Waals surface area contributed by atoms with Crippen LogP contribution in [0.15, 0.2) is 12.3 Å². The van der Waals surface area contributed by atoms with E-state index in [1.807, 2.05) is 0 Å². The molecule has 70 valence electrons. The largest absolute Gasteiger partial charge is 0.276 e. The van der Waals surface area contributed by atoms with Crippen molar-refractivity contribution in [1.82, 2.24) is 4.98 Å². The Morgan fingerprint density at radius 3 is 2.69 bits per heavy atom. The standard InChI is InChI=1S/C8H6ClF2NO/c1-4-6(8(10)11)2-5(3-12-4)7(9)13/h2-3,8H,1H3. The normalized spacial score (nSPS) is 10.5. The van der Waals surface area contributed by atoms with Crippen molar-refractivity contribution in [2.45, 2.75) is 13.3 Å². The molecule has 0 amide bonds. The molecule has 0 radical (unpaired) electrons. The van der Waals surface area contributed by atoms with E-state index in [1.54, 1.807) is 0 Å². The van der Waals surface area contributed by atoms with Gasteiger partial charge in [0.15, 0.2) is 0 Å². The van der Waals surface area contributed by atoms with Crippen LogP contribution in [0.1, 0.15) is 28.0 Å². The van der Waals surface area contributed by atoms with Crippen molar-refractivity contribution in [2.24, 2.45) is 0 Å². The van der Waals surface area contributed by atoms with Crippen molar-refractivity contribution in [1.29, 1.82) is 0 Å². The number of pyridine rings is 1. The molecule has 0 spiro atoms. The number of nitrogens with zero attached hydrogens (tertiary/aromatic N) is 1. The van der Waals surface area contributed by atoms with Crippen LogP contribution in [0.3, 0.4) is 0 Å². The fraction of sp³-hybridized carbons (Fsp3) is 0.250. The van der Waals surface area contributed by atoms with Crippen molar-refractivity contribution in [3.63, 3.8) is 0 Å². The molecule has 13 heavy (non-hydrogen) atoms. The van der Waals surface area contributed by atoms with E-state index in [0.29, 0.717) is 0 Å². The van der Waals surface area contributed by atoms with Crippen LogP contribution < -0.4 is 0 Å². The predicted octanol–water partition coefficient (Wildman–Crippen LogP) is 2.71. The lowest BCUT2D eigenvalue weighted by molar-refractivity contribution is 0.108. The number of alkyl halides is 2. The number of aryl methyl sites for hydroxylation is 1. The molecule has 0 aliphatic rings. The molecule has 1 heterocycles. The van der Waals surface area contributed by atoms with Crippen molar-refractivity contribution in [3.8, 4) is 0 Å². The highest BCUT2D eigenvalue weighted by Gasteiger charge is 2.14. The average Bonchev–Trinajstić information content (AvgIpc) is 2.04. The Morgan fingerprint density at radius 2 is 2.23 bits per heavy atom. The third kappa shape index (κ3) is 2.21. The van der Waals surface area contributed by atoms with E-state index in [-0.39, 0.29) is 16.8 Å². The third-order valence-electron chi connectivity index (χ3n) is 1.59. The van der Waals surface area contributed by atoms with Gasteiger partial charge in [-0.2, -0.15) is 0 Å². The van der Waals surface area contributed by atoms with Gasteiger partial charge in [0.25, 0.3) is 11.7 Å². The van der Waals surface area contributed by atoms with Crippen LogP contribution >= 0.6 is 11.6 Å². The average molecular weight is 206 g/mol. The molecule has 0 atom stereocenters. The minimum Gasteiger partial charge on any atom is -0.276 e. The van der Waals surface area contributed by atoms with Crippen LogP contribution in [0.2, 0.25) is 0 Å². The van der Waals surface area contributed by atoms with Crippen LogP contribution in [0.4, 0.5) is 8.78 Å². The second kappa shape index (κ2) is 3.79. The van der Waals surface area contributed by atoms with Crippen molar-refractivity contribution in [3.05, 3.63) is 29.1 Å². The van der Waals surface area contributed by atoms with Crippen LogP contribution in [0, 0.1) is 6.92 Å². The quantitative estimate of drug-likeness (QED) is 0.695. The van der Waals surface area contributed by atoms with Gasteiger partial charge in [0.2, 0.25) is 0 Å². The highest BCUT2D eigenvalue weighted by molar-refractivity contribution is 6.67. The lowest BCUT2D eigenvalue weighted by atomic mass is 10.1. The first-order valence-electron chi connectivity index (χ1n) is 3.47. The van der Waals surface area contributed by atoms with E-state index in [9.17, 15) is 13.6 Å². The second-order valence-corrected chi connectivity index (χ2v) is 2.82. The summed E-state index contributed by atoms with van der Waals surface area (Å²) < 4.78 is 24.6. The molecular weight excluding hydrogens is 200 g/mol. The topological polar surface area (TPSA) is 30.0 Å². The Kier molecular flexibility index (Phi) is 2.93. The van der Waals surface area contributed by atoms with E-state index in [0.717, 1.165) is 6.07 Å². The first-order valence-corrected chi connectivity index (χ1v) is 3.84. The van der Waals surface area contributed by atoms with E-state index in [4.69, 9.17) is 11.6 Å². The Morgan fingerprint density at radius 1 is 1.62 bits per heavy atom. The number of halogens is 3. The molecule has 0 aromatic carbocycles. The monoisotopic (exact) mass is 205 g/mol. The first-order chi connectivity index (χ1) is 6.02. The molecule has 0 unspecified atom stereocenters. The molecule has 1 aromatic rings. The van der Waals surface area contributed by atoms with Crippen LogP contribution in [-0.4, -0.2) is 10.2 Å². The van der Waals surface area contributed by atoms with Crippen molar-refractivity contribution < 1.29 is 13.6 Å². The molecule has 0 aliphatic heterocycles. The van der Waals surface area contributed by atoms with Gasteiger partial charge in [-0.15, -0.1) is 0 Å². The molecule has 1 aromatic heterocycles. The Labute approximate surface area is 78.5 Å². The maximum Gasteiger partial charge on any atom is 0.265 e. The van der Waals surface area contributed by atoms with Crippen molar-refractivity contribution >= 4 is 16.8 Å². The lowest BCUT2D eigenvalue weighted by Crippen LogP contribution is -1.98. The summed E-state index contributed by atoms with van der Waals surface area (Å²) in [4.78, 5) is 14.2. The molecule has 0 bridgehead atoms. The van der Waals surface area contributed by atoms with Gasteiger partial charge in [0.05, 0.1) is 5.56 Å². The fourth-order valence-corrected chi connectivity index (χ4v) is 0.982. The number of aromatic nitrogens is 1. The Hall–Kier alpha value is -1.03. The van der Waals surface area contributed by atoms with Gasteiger partial charge in [-0.05, 0) is 24.6 Å². The predicted molar refractivity (Wildman–Crippen MR) is 44.1 cm³/mol. The van der Waals surface area contributed by atoms with Gasteiger partial charge in [-0.25, -0.2) is 8.78 Å². The van der Waals surface area contributed by atoms with E-state index < -0.39 is 11.7 Å². The molecule has 0 saturated carbocycles. The van der Waals surface area contributed by atoms with E-state index >= 15 is 0 Å². The van der Waals surface area contributed by atoms with Gasteiger partial charge < -0.3 is 0 Å².